The van der Waals surface area contributed by atoms with E-state index in [0.29, 0.717) is 31.0 Å². The summed E-state index contributed by atoms with van der Waals surface area (Å²) in [6.07, 6.45) is -0.266. The summed E-state index contributed by atoms with van der Waals surface area (Å²) in [4.78, 5) is 28.7. The molecule has 4 N–H and O–H groups in total. The van der Waals surface area contributed by atoms with Gasteiger partial charge in [0.05, 0.1) is 47.0 Å². The van der Waals surface area contributed by atoms with Crippen LogP contribution in [-0.4, -0.2) is 54.0 Å². The minimum atomic E-state index is -0.471. The van der Waals surface area contributed by atoms with Gasteiger partial charge >= 0.3 is 0 Å². The summed E-state index contributed by atoms with van der Waals surface area (Å²) in [6.45, 7) is 2.45. The number of morpholine rings is 1. The van der Waals surface area contributed by atoms with Crippen LogP contribution >= 0.6 is 11.3 Å². The van der Waals surface area contributed by atoms with E-state index in [9.17, 15) is 4.79 Å². The normalized spacial score (nSPS) is 15.5. The summed E-state index contributed by atoms with van der Waals surface area (Å²) in [5.41, 5.74) is 9.52. The fourth-order valence-corrected chi connectivity index (χ4v) is 5.42. The summed E-state index contributed by atoms with van der Waals surface area (Å²) >= 11 is 1.44. The maximum atomic E-state index is 13.1. The highest BCUT2D eigenvalue weighted by atomic mass is 32.1. The molecule has 1 atom stereocenters. The number of para-hydroxylation sites is 2. The largest absolute Gasteiger partial charge is 0.382 e. The number of aromatic nitrogens is 3. The van der Waals surface area contributed by atoms with Crippen LogP contribution in [0.5, 0.6) is 0 Å². The van der Waals surface area contributed by atoms with Crippen LogP contribution in [0.1, 0.15) is 16.3 Å². The smallest absolute Gasteiger partial charge is 0.294 e. The number of hydrogen-bond donors (Lipinski definition) is 3. The molecule has 0 bridgehead atoms. The SMILES string of the molecule is COC1CN(c2ccccc2NCc2nc(NC(=O)c3nc(N)c4sccc4n3)cc3ccccc23)CCO1. The summed E-state index contributed by atoms with van der Waals surface area (Å²) in [7, 11) is 1.66. The summed E-state index contributed by atoms with van der Waals surface area (Å²) < 4.78 is 11.8. The van der Waals surface area contributed by atoms with E-state index in [1.54, 1.807) is 7.11 Å². The Labute approximate surface area is 228 Å². The van der Waals surface area contributed by atoms with Crippen molar-refractivity contribution in [1.82, 2.24) is 15.0 Å². The van der Waals surface area contributed by atoms with Crippen molar-refractivity contribution in [3.8, 4) is 0 Å². The minimum Gasteiger partial charge on any atom is -0.382 e. The van der Waals surface area contributed by atoms with Gasteiger partial charge < -0.3 is 30.7 Å². The third kappa shape index (κ3) is 5.19. The molecule has 0 radical (unpaired) electrons. The lowest BCUT2D eigenvalue weighted by atomic mass is 10.1. The van der Waals surface area contributed by atoms with E-state index in [1.165, 1.54) is 11.3 Å². The van der Waals surface area contributed by atoms with Gasteiger partial charge in [0.25, 0.3) is 5.91 Å². The van der Waals surface area contributed by atoms with Crippen molar-refractivity contribution in [3.05, 3.63) is 77.6 Å². The number of hydrogen-bond acceptors (Lipinski definition) is 10. The summed E-state index contributed by atoms with van der Waals surface area (Å²) in [5.74, 6) is 0.225. The number of pyridine rings is 1. The first kappa shape index (κ1) is 25.0. The molecule has 1 saturated heterocycles. The van der Waals surface area contributed by atoms with Crippen LogP contribution in [0.15, 0.2) is 66.0 Å². The Morgan fingerprint density at radius 3 is 2.90 bits per heavy atom. The molecule has 5 aromatic rings. The molecule has 11 heteroatoms. The first-order chi connectivity index (χ1) is 19.1. The molecule has 0 aliphatic carbocycles. The zero-order valence-corrected chi connectivity index (χ0v) is 22.1. The molecular formula is C28H27N7O3S. The number of thiophene rings is 1. The maximum absolute atomic E-state index is 13.1. The second-order valence-corrected chi connectivity index (χ2v) is 9.97. The van der Waals surface area contributed by atoms with Crippen molar-refractivity contribution < 1.29 is 14.3 Å². The molecule has 4 heterocycles. The molecule has 198 valence electrons. The van der Waals surface area contributed by atoms with Crippen LogP contribution in [0, 0.1) is 0 Å². The molecule has 1 aliphatic heterocycles. The van der Waals surface area contributed by atoms with Crippen LogP contribution in [0.2, 0.25) is 0 Å². The van der Waals surface area contributed by atoms with E-state index in [1.807, 2.05) is 60.0 Å². The fourth-order valence-electron chi connectivity index (χ4n) is 4.69. The Morgan fingerprint density at radius 2 is 2.00 bits per heavy atom. The molecular weight excluding hydrogens is 514 g/mol. The molecule has 3 aromatic heterocycles. The zero-order valence-electron chi connectivity index (χ0n) is 21.3. The predicted octanol–water partition coefficient (Wildman–Crippen LogP) is 4.50. The number of fused-ring (bicyclic) bond motifs is 2. The molecule has 1 amide bonds. The lowest BCUT2D eigenvalue weighted by Crippen LogP contribution is -2.43. The monoisotopic (exact) mass is 541 g/mol. The molecule has 0 spiro atoms. The number of anilines is 4. The Hall–Kier alpha value is -4.32. The Bertz CT molecular complexity index is 1660. The fraction of sp³-hybridized carbons (Fsp3) is 0.214. The third-order valence-electron chi connectivity index (χ3n) is 6.58. The average molecular weight is 542 g/mol. The summed E-state index contributed by atoms with van der Waals surface area (Å²) in [5, 5.41) is 10.2. The number of benzene rings is 2. The van der Waals surface area contributed by atoms with Gasteiger partial charge in [0, 0.05) is 19.0 Å². The van der Waals surface area contributed by atoms with Crippen LogP contribution in [0.3, 0.4) is 0 Å². The van der Waals surface area contributed by atoms with E-state index < -0.39 is 5.91 Å². The van der Waals surface area contributed by atoms with Crippen LogP contribution in [0.4, 0.5) is 23.0 Å². The zero-order chi connectivity index (χ0) is 26.8. The van der Waals surface area contributed by atoms with E-state index >= 15 is 0 Å². The number of rotatable bonds is 7. The maximum Gasteiger partial charge on any atom is 0.294 e. The van der Waals surface area contributed by atoms with Gasteiger partial charge in [-0.25, -0.2) is 15.0 Å². The van der Waals surface area contributed by atoms with Gasteiger partial charge in [-0.2, -0.15) is 0 Å². The molecule has 1 fully saturated rings. The van der Waals surface area contributed by atoms with Gasteiger partial charge in [-0.15, -0.1) is 11.3 Å². The number of nitrogen functional groups attached to an aromatic ring is 1. The number of nitrogens with zero attached hydrogens (tertiary/aromatic N) is 4. The standard InChI is InChI=1S/C28H27N7O3S/c1-37-24-16-35(11-12-38-24)22-9-5-4-8-19(22)30-15-21-18-7-3-2-6-17(18)14-23(31-21)33-28(36)27-32-20-10-13-39-25(20)26(29)34-27/h2-10,13-14,24,30H,11-12,15-16H2,1H3,(H2,29,32,34)(H,31,33,36). The van der Waals surface area contributed by atoms with Crippen molar-refractivity contribution >= 4 is 61.2 Å². The number of amides is 1. The lowest BCUT2D eigenvalue weighted by molar-refractivity contribution is -0.128. The second kappa shape index (κ2) is 10.8. The number of carbonyl (C=O) groups excluding carboxylic acids is 1. The topological polar surface area (TPSA) is 128 Å². The number of nitrogens with two attached hydrogens (primary N) is 1. The Morgan fingerprint density at radius 1 is 1.15 bits per heavy atom. The molecule has 10 nitrogen and oxygen atoms in total. The van der Waals surface area contributed by atoms with Gasteiger partial charge in [0.1, 0.15) is 11.6 Å². The first-order valence-corrected chi connectivity index (χ1v) is 13.4. The number of nitrogens with one attached hydrogen (secondary N) is 2. The van der Waals surface area contributed by atoms with Gasteiger partial charge in [-0.3, -0.25) is 4.79 Å². The predicted molar refractivity (Wildman–Crippen MR) is 154 cm³/mol. The number of ether oxygens (including phenoxy) is 2. The number of methoxy groups -OCH3 is 1. The quantitative estimate of drug-likeness (QED) is 0.273. The third-order valence-corrected chi connectivity index (χ3v) is 7.51. The van der Waals surface area contributed by atoms with Crippen LogP contribution < -0.4 is 21.3 Å². The Balaban J connectivity index is 1.26. The van der Waals surface area contributed by atoms with Crippen LogP contribution in [0.25, 0.3) is 21.0 Å². The highest BCUT2D eigenvalue weighted by Gasteiger charge is 2.22. The van der Waals surface area contributed by atoms with Crippen molar-refractivity contribution in [2.75, 3.05) is 48.1 Å². The second-order valence-electron chi connectivity index (χ2n) is 9.05. The highest BCUT2D eigenvalue weighted by molar-refractivity contribution is 7.17. The molecule has 2 aromatic carbocycles. The lowest BCUT2D eigenvalue weighted by Gasteiger charge is -2.34. The highest BCUT2D eigenvalue weighted by Crippen LogP contribution is 2.29. The summed E-state index contributed by atoms with van der Waals surface area (Å²) in [6, 6.07) is 19.8. The van der Waals surface area contributed by atoms with Crippen molar-refractivity contribution in [1.29, 1.82) is 0 Å². The van der Waals surface area contributed by atoms with Gasteiger partial charge in [-0.05, 0) is 35.0 Å². The van der Waals surface area contributed by atoms with Gasteiger partial charge in [0.2, 0.25) is 5.82 Å². The van der Waals surface area contributed by atoms with Crippen molar-refractivity contribution in [2.24, 2.45) is 0 Å². The van der Waals surface area contributed by atoms with E-state index in [4.69, 9.17) is 20.2 Å². The van der Waals surface area contributed by atoms with E-state index in [-0.39, 0.29) is 17.9 Å². The Kier molecular flexibility index (Phi) is 6.93. The molecule has 0 saturated carbocycles. The number of carbonyl (C=O) groups is 1. The van der Waals surface area contributed by atoms with Crippen molar-refractivity contribution in [2.45, 2.75) is 12.8 Å². The van der Waals surface area contributed by atoms with Crippen LogP contribution in [-0.2, 0) is 16.0 Å². The molecule has 1 aliphatic rings. The van der Waals surface area contributed by atoms with Crippen molar-refractivity contribution in [3.63, 3.8) is 0 Å². The van der Waals surface area contributed by atoms with Gasteiger partial charge in [-0.1, -0.05) is 36.4 Å². The molecule has 1 unspecified atom stereocenters. The average Bonchev–Trinajstić information content (AvgIpc) is 3.46. The minimum absolute atomic E-state index is 0.00170. The van der Waals surface area contributed by atoms with Gasteiger partial charge in [0.15, 0.2) is 6.29 Å². The first-order valence-electron chi connectivity index (χ1n) is 12.5. The molecule has 39 heavy (non-hydrogen) atoms. The van der Waals surface area contributed by atoms with E-state index in [2.05, 4.69) is 31.6 Å². The van der Waals surface area contributed by atoms with E-state index in [0.717, 1.165) is 39.1 Å². The molecule has 6 rings (SSSR count).